The maximum absolute atomic E-state index is 3.47. The van der Waals surface area contributed by atoms with Crippen LogP contribution in [0.15, 0.2) is 60.7 Å². The van der Waals surface area contributed by atoms with Gasteiger partial charge in [0.25, 0.3) is 0 Å². The minimum atomic E-state index is 0.546. The van der Waals surface area contributed by atoms with Gasteiger partial charge in [-0.2, -0.15) is 0 Å². The van der Waals surface area contributed by atoms with Gasteiger partial charge in [-0.05, 0) is 43.0 Å². The molecular weight excluding hydrogens is 278 g/mol. The molecule has 1 heteroatoms. The van der Waals surface area contributed by atoms with Crippen molar-refractivity contribution in [2.45, 2.75) is 46.5 Å². The average molecular weight is 312 g/mol. The average Bonchev–Trinajstić information content (AvgIpc) is 2.68. The van der Waals surface area contributed by atoms with Gasteiger partial charge in [-0.15, -0.1) is 0 Å². The van der Waals surface area contributed by atoms with Gasteiger partial charge in [0, 0.05) is 5.92 Å². The van der Waals surface area contributed by atoms with Crippen LogP contribution in [0.5, 0.6) is 0 Å². The van der Waals surface area contributed by atoms with Crippen molar-refractivity contribution < 1.29 is 0 Å². The Kier molecular flexibility index (Phi) is 10.1. The van der Waals surface area contributed by atoms with E-state index in [1.54, 1.807) is 0 Å². The number of hydrogen-bond acceptors (Lipinski definition) is 1. The van der Waals surface area contributed by atoms with Crippen LogP contribution < -0.4 is 5.32 Å². The van der Waals surface area contributed by atoms with E-state index in [0.29, 0.717) is 5.92 Å². The summed E-state index contributed by atoms with van der Waals surface area (Å²) in [5, 5.41) is 3.47. The lowest BCUT2D eigenvalue weighted by molar-refractivity contribution is 0.342. The topological polar surface area (TPSA) is 12.0 Å². The van der Waals surface area contributed by atoms with Crippen molar-refractivity contribution in [2.24, 2.45) is 5.92 Å². The Bertz CT molecular complexity index is 446. The highest BCUT2D eigenvalue weighted by Gasteiger charge is 2.25. The third kappa shape index (κ3) is 5.84. The molecule has 0 radical (unpaired) electrons. The molecule has 0 bridgehead atoms. The van der Waals surface area contributed by atoms with Crippen LogP contribution in [0.25, 0.3) is 0 Å². The predicted molar refractivity (Wildman–Crippen MR) is 103 cm³/mol. The van der Waals surface area contributed by atoms with E-state index in [2.05, 4.69) is 66.0 Å². The Balaban J connectivity index is 0.000000615. The molecule has 1 aliphatic rings. The van der Waals surface area contributed by atoms with Gasteiger partial charge in [-0.25, -0.2) is 0 Å². The zero-order valence-corrected chi connectivity index (χ0v) is 15.3. The molecule has 1 heterocycles. The summed E-state index contributed by atoms with van der Waals surface area (Å²) in [6, 6.07) is 22.0. The molecule has 1 saturated heterocycles. The molecular formula is C22H33N. The molecule has 1 nitrogen and oxygen atoms in total. The van der Waals surface area contributed by atoms with E-state index >= 15 is 0 Å². The fourth-order valence-corrected chi connectivity index (χ4v) is 3.24. The molecule has 0 aromatic heterocycles. The van der Waals surface area contributed by atoms with Crippen molar-refractivity contribution in [3.8, 4) is 0 Å². The highest BCUT2D eigenvalue weighted by molar-refractivity contribution is 5.33. The zero-order chi connectivity index (χ0) is 16.9. The van der Waals surface area contributed by atoms with Gasteiger partial charge in [0.2, 0.25) is 0 Å². The van der Waals surface area contributed by atoms with Crippen molar-refractivity contribution in [2.75, 3.05) is 13.1 Å². The Hall–Kier alpha value is -1.60. The van der Waals surface area contributed by atoms with Crippen LogP contribution in [-0.2, 0) is 0 Å². The summed E-state index contributed by atoms with van der Waals surface area (Å²) >= 11 is 0. The van der Waals surface area contributed by atoms with E-state index in [0.717, 1.165) is 19.0 Å². The smallest absolute Gasteiger partial charge is 0.0119 e. The summed E-state index contributed by atoms with van der Waals surface area (Å²) in [7, 11) is 0. The molecule has 1 fully saturated rings. The second-order valence-electron chi connectivity index (χ2n) is 5.39. The second kappa shape index (κ2) is 11.9. The predicted octanol–water partition coefficient (Wildman–Crippen LogP) is 5.87. The summed E-state index contributed by atoms with van der Waals surface area (Å²) in [6.07, 6.45) is 2.54. The lowest BCUT2D eigenvalue weighted by Crippen LogP contribution is -2.31. The van der Waals surface area contributed by atoms with E-state index in [1.807, 2.05) is 27.7 Å². The van der Waals surface area contributed by atoms with Crippen LogP contribution in [0.1, 0.15) is 57.6 Å². The van der Waals surface area contributed by atoms with Gasteiger partial charge in [-0.3, -0.25) is 0 Å². The molecule has 126 valence electrons. The molecule has 1 aliphatic heterocycles. The van der Waals surface area contributed by atoms with Gasteiger partial charge >= 0.3 is 0 Å². The van der Waals surface area contributed by atoms with Crippen LogP contribution in [0.3, 0.4) is 0 Å². The van der Waals surface area contributed by atoms with E-state index in [-0.39, 0.29) is 0 Å². The Morgan fingerprint density at radius 2 is 1.09 bits per heavy atom. The summed E-state index contributed by atoms with van der Waals surface area (Å²) in [5.74, 6) is 1.30. The molecule has 2 aromatic rings. The lowest BCUT2D eigenvalue weighted by Gasteiger charge is -2.31. The first-order chi connectivity index (χ1) is 11.4. The van der Waals surface area contributed by atoms with Crippen molar-refractivity contribution in [1.29, 1.82) is 0 Å². The highest BCUT2D eigenvalue weighted by Crippen LogP contribution is 2.36. The van der Waals surface area contributed by atoms with Crippen LogP contribution in [0, 0.1) is 5.92 Å². The normalized spacial score (nSPS) is 14.3. The SMILES string of the molecule is CC.CC.c1ccc(C(c2ccccc2)C2CCNCC2)cc1. The highest BCUT2D eigenvalue weighted by atomic mass is 14.9. The number of benzene rings is 2. The third-order valence-corrected chi connectivity index (χ3v) is 4.17. The fraction of sp³-hybridized carbons (Fsp3) is 0.455. The summed E-state index contributed by atoms with van der Waals surface area (Å²) < 4.78 is 0. The van der Waals surface area contributed by atoms with Crippen LogP contribution in [0.2, 0.25) is 0 Å². The molecule has 1 N–H and O–H groups in total. The van der Waals surface area contributed by atoms with Crippen molar-refractivity contribution >= 4 is 0 Å². The molecule has 0 amide bonds. The Morgan fingerprint density at radius 1 is 0.696 bits per heavy atom. The molecule has 0 spiro atoms. The van der Waals surface area contributed by atoms with Crippen LogP contribution >= 0.6 is 0 Å². The van der Waals surface area contributed by atoms with Gasteiger partial charge in [-0.1, -0.05) is 88.4 Å². The minimum Gasteiger partial charge on any atom is -0.317 e. The van der Waals surface area contributed by atoms with E-state index in [4.69, 9.17) is 0 Å². The van der Waals surface area contributed by atoms with Gasteiger partial charge in [0.15, 0.2) is 0 Å². The molecule has 0 aliphatic carbocycles. The largest absolute Gasteiger partial charge is 0.317 e. The van der Waals surface area contributed by atoms with Gasteiger partial charge in [0.1, 0.15) is 0 Å². The first kappa shape index (κ1) is 19.4. The Labute approximate surface area is 143 Å². The fourth-order valence-electron chi connectivity index (χ4n) is 3.24. The monoisotopic (exact) mass is 311 g/mol. The Morgan fingerprint density at radius 3 is 1.48 bits per heavy atom. The van der Waals surface area contributed by atoms with Crippen molar-refractivity contribution in [3.63, 3.8) is 0 Å². The van der Waals surface area contributed by atoms with E-state index in [1.165, 1.54) is 24.0 Å². The second-order valence-corrected chi connectivity index (χ2v) is 5.39. The first-order valence-electron chi connectivity index (χ1n) is 9.26. The van der Waals surface area contributed by atoms with Crippen molar-refractivity contribution in [3.05, 3.63) is 71.8 Å². The zero-order valence-electron chi connectivity index (χ0n) is 15.3. The standard InChI is InChI=1S/C18H21N.2C2H6/c1-3-7-15(8-4-1)18(16-9-5-2-6-10-16)17-11-13-19-14-12-17;2*1-2/h1-10,17-19H,11-14H2;2*1-2H3. The summed E-state index contributed by atoms with van der Waals surface area (Å²) in [5.41, 5.74) is 2.92. The van der Waals surface area contributed by atoms with Crippen molar-refractivity contribution in [1.82, 2.24) is 5.32 Å². The number of rotatable bonds is 3. The lowest BCUT2D eigenvalue weighted by atomic mass is 9.76. The molecule has 0 atom stereocenters. The van der Waals surface area contributed by atoms with Gasteiger partial charge < -0.3 is 5.32 Å². The number of hydrogen-bond donors (Lipinski definition) is 1. The first-order valence-corrected chi connectivity index (χ1v) is 9.26. The number of piperidine rings is 1. The van der Waals surface area contributed by atoms with E-state index in [9.17, 15) is 0 Å². The third-order valence-electron chi connectivity index (χ3n) is 4.17. The maximum atomic E-state index is 3.47. The summed E-state index contributed by atoms with van der Waals surface area (Å²) in [4.78, 5) is 0. The number of nitrogens with one attached hydrogen (secondary N) is 1. The quantitative estimate of drug-likeness (QED) is 0.747. The molecule has 0 saturated carbocycles. The molecule has 2 aromatic carbocycles. The minimum absolute atomic E-state index is 0.546. The summed E-state index contributed by atoms with van der Waals surface area (Å²) in [6.45, 7) is 10.3. The van der Waals surface area contributed by atoms with E-state index < -0.39 is 0 Å². The maximum Gasteiger partial charge on any atom is 0.0119 e. The molecule has 3 rings (SSSR count). The van der Waals surface area contributed by atoms with Gasteiger partial charge in [0.05, 0.1) is 0 Å². The molecule has 0 unspecified atom stereocenters. The van der Waals surface area contributed by atoms with Crippen LogP contribution in [-0.4, -0.2) is 13.1 Å². The van der Waals surface area contributed by atoms with Crippen LogP contribution in [0.4, 0.5) is 0 Å². The molecule has 23 heavy (non-hydrogen) atoms.